The number of likely N-dealkylation sites (tertiary alicyclic amines) is 1. The van der Waals surface area contributed by atoms with Gasteiger partial charge in [-0.1, -0.05) is 25.0 Å². The monoisotopic (exact) mass is 326 g/mol. The molecule has 124 valence electrons. The molecule has 0 radical (unpaired) electrons. The lowest BCUT2D eigenvalue weighted by Gasteiger charge is -2.32. The molecule has 1 aliphatic carbocycles. The van der Waals surface area contributed by atoms with Gasteiger partial charge in [0.1, 0.15) is 11.6 Å². The zero-order valence-electron chi connectivity index (χ0n) is 13.1. The third-order valence-corrected chi connectivity index (χ3v) is 5.16. The number of benzene rings is 1. The van der Waals surface area contributed by atoms with Gasteiger partial charge in [0.25, 0.3) is 5.91 Å². The number of carboxylic acid groups (broad SMARTS) is 1. The highest BCUT2D eigenvalue weighted by Gasteiger charge is 2.48. The maximum absolute atomic E-state index is 13.0. The first-order chi connectivity index (χ1) is 11.6. The van der Waals surface area contributed by atoms with E-state index in [4.69, 9.17) is 0 Å². The lowest BCUT2D eigenvalue weighted by atomic mass is 9.85. The number of hydrogen-bond acceptors (Lipinski definition) is 5. The van der Waals surface area contributed by atoms with Crippen LogP contribution in [0.5, 0.6) is 0 Å². The van der Waals surface area contributed by atoms with Crippen LogP contribution in [0.25, 0.3) is 11.0 Å². The van der Waals surface area contributed by atoms with Crippen molar-refractivity contribution in [2.45, 2.75) is 44.2 Å². The molecule has 2 aliphatic rings. The smallest absolute Gasteiger partial charge is 0.326 e. The highest BCUT2D eigenvalue weighted by atomic mass is 16.4. The third-order valence-electron chi connectivity index (χ3n) is 5.16. The second-order valence-electron chi connectivity index (χ2n) is 6.54. The molecule has 0 bridgehead atoms. The predicted molar refractivity (Wildman–Crippen MR) is 85.3 cm³/mol. The number of carbonyl (C=O) groups excluding carboxylic acids is 1. The SMILES string of the molecule is O=C(O)C1CC2CCCCC2N1C(=O)c1nnc2ccccc2n1. The summed E-state index contributed by atoms with van der Waals surface area (Å²) in [5, 5.41) is 17.5. The number of aromatic nitrogens is 3. The third kappa shape index (κ3) is 2.40. The second-order valence-corrected chi connectivity index (χ2v) is 6.54. The minimum absolute atomic E-state index is 0.0221. The zero-order chi connectivity index (χ0) is 16.7. The van der Waals surface area contributed by atoms with E-state index in [9.17, 15) is 14.7 Å². The minimum Gasteiger partial charge on any atom is -0.480 e. The first-order valence-electron chi connectivity index (χ1n) is 8.30. The van der Waals surface area contributed by atoms with Crippen molar-refractivity contribution >= 4 is 22.9 Å². The van der Waals surface area contributed by atoms with Crippen molar-refractivity contribution in [3.05, 3.63) is 30.1 Å². The molecule has 0 spiro atoms. The number of nitrogens with zero attached hydrogens (tertiary/aromatic N) is 4. The van der Waals surface area contributed by atoms with Crippen LogP contribution >= 0.6 is 0 Å². The Morgan fingerprint density at radius 3 is 2.62 bits per heavy atom. The second kappa shape index (κ2) is 5.81. The van der Waals surface area contributed by atoms with Gasteiger partial charge in [-0.2, -0.15) is 0 Å². The number of para-hydroxylation sites is 1. The van der Waals surface area contributed by atoms with Crippen molar-refractivity contribution in [2.75, 3.05) is 0 Å². The van der Waals surface area contributed by atoms with Gasteiger partial charge in [-0.05, 0) is 37.3 Å². The van der Waals surface area contributed by atoms with Crippen LogP contribution in [0.4, 0.5) is 0 Å². The molecule has 3 atom stereocenters. The lowest BCUT2D eigenvalue weighted by molar-refractivity contribution is -0.141. The number of amides is 1. The van der Waals surface area contributed by atoms with Crippen molar-refractivity contribution in [2.24, 2.45) is 5.92 Å². The molecule has 3 unspecified atom stereocenters. The number of aliphatic carboxylic acids is 1. The van der Waals surface area contributed by atoms with E-state index < -0.39 is 17.9 Å². The largest absolute Gasteiger partial charge is 0.480 e. The number of rotatable bonds is 2. The fourth-order valence-corrected chi connectivity index (χ4v) is 4.06. The van der Waals surface area contributed by atoms with Crippen LogP contribution in [0.15, 0.2) is 24.3 Å². The van der Waals surface area contributed by atoms with Crippen molar-refractivity contribution in [3.63, 3.8) is 0 Å². The van der Waals surface area contributed by atoms with Crippen LogP contribution in [-0.2, 0) is 4.79 Å². The lowest BCUT2D eigenvalue weighted by Crippen LogP contribution is -2.46. The van der Waals surface area contributed by atoms with E-state index in [0.717, 1.165) is 25.7 Å². The average molecular weight is 326 g/mol. The molecule has 1 N–H and O–H groups in total. The normalized spacial score (nSPS) is 26.3. The molecule has 2 fully saturated rings. The highest BCUT2D eigenvalue weighted by Crippen LogP contribution is 2.40. The minimum atomic E-state index is -0.952. The van der Waals surface area contributed by atoms with Gasteiger partial charge in [0.05, 0.1) is 5.52 Å². The number of carbonyl (C=O) groups is 2. The Morgan fingerprint density at radius 1 is 1.08 bits per heavy atom. The number of carboxylic acids is 1. The van der Waals surface area contributed by atoms with E-state index >= 15 is 0 Å². The van der Waals surface area contributed by atoms with Crippen molar-refractivity contribution in [1.82, 2.24) is 20.1 Å². The van der Waals surface area contributed by atoms with Gasteiger partial charge >= 0.3 is 5.97 Å². The van der Waals surface area contributed by atoms with Crippen LogP contribution in [0.2, 0.25) is 0 Å². The summed E-state index contributed by atoms with van der Waals surface area (Å²) in [6.45, 7) is 0. The molecule has 1 aromatic heterocycles. The summed E-state index contributed by atoms with van der Waals surface area (Å²) in [6.07, 6.45) is 4.47. The topological polar surface area (TPSA) is 96.3 Å². The fourth-order valence-electron chi connectivity index (χ4n) is 4.06. The molecule has 1 aliphatic heterocycles. The maximum atomic E-state index is 13.0. The van der Waals surface area contributed by atoms with Gasteiger partial charge in [-0.3, -0.25) is 4.79 Å². The molecule has 1 aromatic carbocycles. The van der Waals surface area contributed by atoms with E-state index in [2.05, 4.69) is 15.2 Å². The molecule has 1 saturated heterocycles. The van der Waals surface area contributed by atoms with Gasteiger partial charge in [-0.25, -0.2) is 9.78 Å². The van der Waals surface area contributed by atoms with E-state index in [-0.39, 0.29) is 17.8 Å². The van der Waals surface area contributed by atoms with Crippen LogP contribution < -0.4 is 0 Å². The maximum Gasteiger partial charge on any atom is 0.326 e. The number of hydrogen-bond donors (Lipinski definition) is 1. The number of fused-ring (bicyclic) bond motifs is 2. The first kappa shape index (κ1) is 15.0. The van der Waals surface area contributed by atoms with Crippen molar-refractivity contribution in [3.8, 4) is 0 Å². The van der Waals surface area contributed by atoms with E-state index in [1.54, 1.807) is 12.1 Å². The molecule has 1 amide bonds. The zero-order valence-corrected chi connectivity index (χ0v) is 13.1. The molecular formula is C17H18N4O3. The van der Waals surface area contributed by atoms with Crippen LogP contribution in [-0.4, -0.2) is 49.1 Å². The first-order valence-corrected chi connectivity index (χ1v) is 8.30. The van der Waals surface area contributed by atoms with E-state index in [1.165, 1.54) is 4.90 Å². The van der Waals surface area contributed by atoms with Crippen molar-refractivity contribution < 1.29 is 14.7 Å². The van der Waals surface area contributed by atoms with Gasteiger partial charge in [0.15, 0.2) is 0 Å². The van der Waals surface area contributed by atoms with Gasteiger partial charge in [0, 0.05) is 6.04 Å². The molecule has 2 heterocycles. The van der Waals surface area contributed by atoms with Crippen molar-refractivity contribution in [1.29, 1.82) is 0 Å². The summed E-state index contributed by atoms with van der Waals surface area (Å²) in [5.74, 6) is -1.13. The summed E-state index contributed by atoms with van der Waals surface area (Å²) in [7, 11) is 0. The highest BCUT2D eigenvalue weighted by molar-refractivity contribution is 5.95. The van der Waals surface area contributed by atoms with Crippen LogP contribution in [0, 0.1) is 5.92 Å². The van der Waals surface area contributed by atoms with Crippen LogP contribution in [0.1, 0.15) is 42.7 Å². The predicted octanol–water partition coefficient (Wildman–Crippen LogP) is 1.88. The summed E-state index contributed by atoms with van der Waals surface area (Å²) in [5.41, 5.74) is 1.20. The Bertz CT molecular complexity index is 809. The standard InChI is InChI=1S/C17H18N4O3/c22-16(15-18-11-6-2-3-7-12(11)19-20-15)21-13-8-4-1-5-10(13)9-14(21)17(23)24/h2-3,6-7,10,13-14H,1,4-5,8-9H2,(H,23,24). The van der Waals surface area contributed by atoms with E-state index in [1.807, 2.05) is 12.1 Å². The molecule has 24 heavy (non-hydrogen) atoms. The van der Waals surface area contributed by atoms with Gasteiger partial charge in [-0.15, -0.1) is 10.2 Å². The molecular weight excluding hydrogens is 308 g/mol. The molecule has 1 saturated carbocycles. The average Bonchev–Trinajstić information content (AvgIpc) is 3.00. The summed E-state index contributed by atoms with van der Waals surface area (Å²) < 4.78 is 0. The summed E-state index contributed by atoms with van der Waals surface area (Å²) in [4.78, 5) is 30.4. The Labute approximate surface area is 138 Å². The molecule has 2 aromatic rings. The fraction of sp³-hybridized carbons (Fsp3) is 0.471. The molecule has 7 nitrogen and oxygen atoms in total. The Balaban J connectivity index is 1.70. The Kier molecular flexibility index (Phi) is 3.63. The summed E-state index contributed by atoms with van der Waals surface area (Å²) >= 11 is 0. The summed E-state index contributed by atoms with van der Waals surface area (Å²) in [6, 6.07) is 6.37. The van der Waals surface area contributed by atoms with Crippen LogP contribution in [0.3, 0.4) is 0 Å². The Hall–Kier alpha value is -2.57. The quantitative estimate of drug-likeness (QED) is 0.905. The molecule has 4 rings (SSSR count). The molecule has 7 heteroatoms. The van der Waals surface area contributed by atoms with Gasteiger partial charge < -0.3 is 10.0 Å². The van der Waals surface area contributed by atoms with E-state index in [0.29, 0.717) is 17.5 Å². The van der Waals surface area contributed by atoms with Gasteiger partial charge in [0.2, 0.25) is 5.82 Å². The Morgan fingerprint density at radius 2 is 1.83 bits per heavy atom.